The number of pyridine rings is 1. The van der Waals surface area contributed by atoms with Crippen LogP contribution in [0.4, 0.5) is 0 Å². The normalized spacial score (nSPS) is 15.1. The number of rotatable bonds is 1. The van der Waals surface area contributed by atoms with E-state index in [2.05, 4.69) is 15.2 Å². The molecule has 0 bridgehead atoms. The van der Waals surface area contributed by atoms with Gasteiger partial charge >= 0.3 is 0 Å². The number of allylic oxidation sites excluding steroid dienone is 2. The summed E-state index contributed by atoms with van der Waals surface area (Å²) in [4.78, 5) is 16.0. The van der Waals surface area contributed by atoms with Gasteiger partial charge in [-0.3, -0.25) is 9.78 Å². The molecule has 6 heteroatoms. The van der Waals surface area contributed by atoms with E-state index >= 15 is 0 Å². The molecule has 0 unspecified atom stereocenters. The SMILES string of the molecule is Cn1c(=N/N=C2\C=CC(=O)c3ncccc32)n(C)c2ccccc21. The van der Waals surface area contributed by atoms with Crippen molar-refractivity contribution in [3.63, 3.8) is 0 Å². The molecule has 2 heterocycles. The van der Waals surface area contributed by atoms with Crippen molar-refractivity contribution in [3.05, 3.63) is 71.6 Å². The van der Waals surface area contributed by atoms with E-state index in [9.17, 15) is 4.79 Å². The number of aryl methyl sites for hydroxylation is 2. The smallest absolute Gasteiger partial charge is 0.230 e. The number of carbonyl (C=O) groups excluding carboxylic acids is 1. The molecule has 0 atom stereocenters. The maximum Gasteiger partial charge on any atom is 0.230 e. The molecule has 2 aromatic heterocycles. The number of fused-ring (bicyclic) bond motifs is 2. The van der Waals surface area contributed by atoms with Crippen LogP contribution in [0.5, 0.6) is 0 Å². The van der Waals surface area contributed by atoms with Crippen molar-refractivity contribution in [1.82, 2.24) is 14.1 Å². The molecular formula is C18H15N5O. The lowest BCUT2D eigenvalue weighted by Crippen LogP contribution is -2.22. The minimum absolute atomic E-state index is 0.111. The molecule has 0 aliphatic heterocycles. The van der Waals surface area contributed by atoms with Crippen LogP contribution in [0, 0.1) is 0 Å². The van der Waals surface area contributed by atoms with Gasteiger partial charge in [0.2, 0.25) is 11.4 Å². The van der Waals surface area contributed by atoms with Gasteiger partial charge in [-0.05, 0) is 36.4 Å². The Morgan fingerprint density at radius 2 is 1.62 bits per heavy atom. The second-order valence-electron chi connectivity index (χ2n) is 5.59. The lowest BCUT2D eigenvalue weighted by Gasteiger charge is -2.08. The molecule has 1 aliphatic carbocycles. The highest BCUT2D eigenvalue weighted by molar-refractivity contribution is 6.22. The minimum atomic E-state index is -0.111. The minimum Gasteiger partial charge on any atom is -0.312 e. The second kappa shape index (κ2) is 5.42. The van der Waals surface area contributed by atoms with Gasteiger partial charge in [0.25, 0.3) is 0 Å². The zero-order valence-corrected chi connectivity index (χ0v) is 13.3. The van der Waals surface area contributed by atoms with E-state index in [-0.39, 0.29) is 5.78 Å². The summed E-state index contributed by atoms with van der Waals surface area (Å²) in [5, 5.41) is 8.78. The van der Waals surface area contributed by atoms with E-state index in [1.54, 1.807) is 18.3 Å². The number of para-hydroxylation sites is 2. The number of hydrogen-bond acceptors (Lipinski definition) is 4. The third-order valence-electron chi connectivity index (χ3n) is 4.16. The first-order chi connectivity index (χ1) is 11.7. The third kappa shape index (κ3) is 2.11. The lowest BCUT2D eigenvalue weighted by atomic mass is 10.00. The fourth-order valence-electron chi connectivity index (χ4n) is 2.92. The maximum atomic E-state index is 11.9. The molecule has 0 amide bonds. The largest absolute Gasteiger partial charge is 0.312 e. The predicted molar refractivity (Wildman–Crippen MR) is 91.7 cm³/mol. The number of carbonyl (C=O) groups is 1. The number of imidazole rings is 1. The zero-order valence-electron chi connectivity index (χ0n) is 13.3. The second-order valence-corrected chi connectivity index (χ2v) is 5.59. The molecule has 0 saturated carbocycles. The van der Waals surface area contributed by atoms with Gasteiger partial charge in [-0.2, -0.15) is 0 Å². The molecular weight excluding hydrogens is 302 g/mol. The van der Waals surface area contributed by atoms with Crippen LogP contribution >= 0.6 is 0 Å². The first-order valence-electron chi connectivity index (χ1n) is 7.57. The topological polar surface area (TPSA) is 64.5 Å². The Balaban J connectivity index is 1.91. The van der Waals surface area contributed by atoms with E-state index in [0.717, 1.165) is 16.7 Å². The van der Waals surface area contributed by atoms with Crippen molar-refractivity contribution in [2.75, 3.05) is 0 Å². The highest BCUT2D eigenvalue weighted by atomic mass is 16.1. The Bertz CT molecular complexity index is 1060. The predicted octanol–water partition coefficient (Wildman–Crippen LogP) is 1.97. The van der Waals surface area contributed by atoms with Crippen molar-refractivity contribution >= 4 is 22.5 Å². The van der Waals surface area contributed by atoms with Gasteiger partial charge in [-0.1, -0.05) is 12.1 Å². The summed E-state index contributed by atoms with van der Waals surface area (Å²) in [5.74, 6) is -0.111. The molecule has 118 valence electrons. The van der Waals surface area contributed by atoms with Crippen molar-refractivity contribution in [2.45, 2.75) is 0 Å². The lowest BCUT2D eigenvalue weighted by molar-refractivity contribution is 0.104. The Morgan fingerprint density at radius 1 is 0.917 bits per heavy atom. The van der Waals surface area contributed by atoms with Gasteiger partial charge in [0.15, 0.2) is 0 Å². The Kier molecular flexibility index (Phi) is 3.23. The highest BCUT2D eigenvalue weighted by Gasteiger charge is 2.18. The summed E-state index contributed by atoms with van der Waals surface area (Å²) in [6.45, 7) is 0. The van der Waals surface area contributed by atoms with Crippen LogP contribution in [0.2, 0.25) is 0 Å². The average Bonchev–Trinajstić information content (AvgIpc) is 2.86. The summed E-state index contributed by atoms with van der Waals surface area (Å²) in [6, 6.07) is 11.7. The number of aromatic nitrogens is 3. The number of benzene rings is 1. The quantitative estimate of drug-likeness (QED) is 0.644. The number of ketones is 1. The molecule has 0 saturated heterocycles. The Morgan fingerprint density at radius 3 is 2.33 bits per heavy atom. The molecule has 3 aromatic rings. The summed E-state index contributed by atoms with van der Waals surface area (Å²) >= 11 is 0. The molecule has 0 fully saturated rings. The molecule has 1 aromatic carbocycles. The van der Waals surface area contributed by atoms with E-state index in [4.69, 9.17) is 0 Å². The van der Waals surface area contributed by atoms with Gasteiger partial charge in [-0.25, -0.2) is 0 Å². The van der Waals surface area contributed by atoms with Crippen LogP contribution in [-0.2, 0) is 14.1 Å². The van der Waals surface area contributed by atoms with E-state index in [1.165, 1.54) is 6.08 Å². The fourth-order valence-corrected chi connectivity index (χ4v) is 2.92. The summed E-state index contributed by atoms with van der Waals surface area (Å²) in [5.41, 5.74) is 4.62. The molecule has 24 heavy (non-hydrogen) atoms. The highest BCUT2D eigenvalue weighted by Crippen LogP contribution is 2.15. The molecule has 1 aliphatic rings. The van der Waals surface area contributed by atoms with Crippen molar-refractivity contribution in [2.24, 2.45) is 24.3 Å². The van der Waals surface area contributed by atoms with Crippen LogP contribution in [0.3, 0.4) is 0 Å². The monoisotopic (exact) mass is 317 g/mol. The summed E-state index contributed by atoms with van der Waals surface area (Å²) in [7, 11) is 3.91. The van der Waals surface area contributed by atoms with Crippen LogP contribution in [-0.4, -0.2) is 25.6 Å². The van der Waals surface area contributed by atoms with Gasteiger partial charge in [0.05, 0.1) is 16.7 Å². The number of hydrogen-bond donors (Lipinski definition) is 0. The van der Waals surface area contributed by atoms with Crippen LogP contribution in [0.1, 0.15) is 16.1 Å². The zero-order chi connectivity index (χ0) is 16.7. The van der Waals surface area contributed by atoms with Crippen molar-refractivity contribution in [1.29, 1.82) is 0 Å². The van der Waals surface area contributed by atoms with E-state index in [1.807, 2.05) is 53.6 Å². The molecule has 6 nitrogen and oxygen atoms in total. The van der Waals surface area contributed by atoms with Crippen LogP contribution < -0.4 is 5.62 Å². The molecule has 0 radical (unpaired) electrons. The van der Waals surface area contributed by atoms with Gasteiger partial charge in [0.1, 0.15) is 5.69 Å². The fraction of sp³-hybridized carbons (Fsp3) is 0.111. The van der Waals surface area contributed by atoms with Crippen LogP contribution in [0.15, 0.2) is 64.9 Å². The Labute approximate surface area is 138 Å². The Hall–Kier alpha value is -3.28. The van der Waals surface area contributed by atoms with E-state index < -0.39 is 0 Å². The average molecular weight is 317 g/mol. The van der Waals surface area contributed by atoms with Crippen molar-refractivity contribution in [3.8, 4) is 0 Å². The van der Waals surface area contributed by atoms with E-state index in [0.29, 0.717) is 17.0 Å². The molecule has 0 spiro atoms. The molecule has 0 N–H and O–H groups in total. The summed E-state index contributed by atoms with van der Waals surface area (Å²) < 4.78 is 3.97. The van der Waals surface area contributed by atoms with Gasteiger partial charge in [-0.15, -0.1) is 10.2 Å². The van der Waals surface area contributed by atoms with Crippen molar-refractivity contribution < 1.29 is 4.79 Å². The van der Waals surface area contributed by atoms with Gasteiger partial charge in [0, 0.05) is 25.9 Å². The molecule has 4 rings (SSSR count). The maximum absolute atomic E-state index is 11.9. The standard InChI is InChI=1S/C18H15N5O/c1-22-14-7-3-4-8-15(14)23(2)18(22)21-20-13-9-10-16(24)17-12(13)6-5-11-19-17/h3-11H,1-2H3/b20-13+. The first kappa shape index (κ1) is 14.3. The number of nitrogens with zero attached hydrogens (tertiary/aromatic N) is 5. The summed E-state index contributed by atoms with van der Waals surface area (Å²) in [6.07, 6.45) is 4.76. The van der Waals surface area contributed by atoms with Crippen LogP contribution in [0.25, 0.3) is 11.0 Å². The third-order valence-corrected chi connectivity index (χ3v) is 4.16. The first-order valence-corrected chi connectivity index (χ1v) is 7.57. The van der Waals surface area contributed by atoms with Gasteiger partial charge < -0.3 is 9.13 Å².